The van der Waals surface area contributed by atoms with Gasteiger partial charge in [-0.1, -0.05) is 13.8 Å². The zero-order valence-electron chi connectivity index (χ0n) is 16.2. The third-order valence-electron chi connectivity index (χ3n) is 4.69. The average Bonchev–Trinajstić information content (AvgIpc) is 3.22. The molecule has 28 heavy (non-hydrogen) atoms. The number of H-pyrrole nitrogens is 2. The number of fused-ring (bicyclic) bond motifs is 2. The molecule has 0 aliphatic carbocycles. The van der Waals surface area contributed by atoms with Crippen LogP contribution in [0.3, 0.4) is 0 Å². The topological polar surface area (TPSA) is 108 Å². The number of pyridine rings is 1. The lowest BCUT2D eigenvalue weighted by Crippen LogP contribution is -2.14. The van der Waals surface area contributed by atoms with Gasteiger partial charge in [-0.25, -0.2) is 14.5 Å². The van der Waals surface area contributed by atoms with Gasteiger partial charge in [0.2, 0.25) is 0 Å². The predicted molar refractivity (Wildman–Crippen MR) is 109 cm³/mol. The van der Waals surface area contributed by atoms with Crippen LogP contribution in [-0.4, -0.2) is 30.6 Å². The van der Waals surface area contributed by atoms with E-state index < -0.39 is 0 Å². The van der Waals surface area contributed by atoms with Gasteiger partial charge in [0, 0.05) is 17.4 Å². The number of aromatic nitrogens is 5. The third kappa shape index (κ3) is 3.06. The SMILES string of the molecule is CC(C)c1cc(C(=O)Nc2ccc3[nH]c(=O)[nH]c3c2)c2cnn(C(C)C)c2n1. The number of carbonyl (C=O) groups excluding carboxylic acids is 1. The molecule has 0 saturated carbocycles. The molecular formula is C20H22N6O2. The summed E-state index contributed by atoms with van der Waals surface area (Å²) in [5.41, 5.74) is 3.72. The van der Waals surface area contributed by atoms with E-state index in [1.54, 1.807) is 24.4 Å². The number of imidazole rings is 1. The van der Waals surface area contributed by atoms with Crippen molar-refractivity contribution in [3.8, 4) is 0 Å². The van der Waals surface area contributed by atoms with E-state index in [-0.39, 0.29) is 23.6 Å². The summed E-state index contributed by atoms with van der Waals surface area (Å²) in [5, 5.41) is 8.05. The summed E-state index contributed by atoms with van der Waals surface area (Å²) in [4.78, 5) is 34.6. The van der Waals surface area contributed by atoms with E-state index in [0.29, 0.717) is 33.3 Å². The molecule has 3 N–H and O–H groups in total. The maximum Gasteiger partial charge on any atom is 0.323 e. The van der Waals surface area contributed by atoms with Gasteiger partial charge < -0.3 is 15.3 Å². The van der Waals surface area contributed by atoms with Gasteiger partial charge in [-0.05, 0) is 44.0 Å². The number of nitrogens with one attached hydrogen (secondary N) is 3. The smallest absolute Gasteiger partial charge is 0.322 e. The summed E-state index contributed by atoms with van der Waals surface area (Å²) < 4.78 is 1.83. The molecule has 144 valence electrons. The molecule has 0 unspecified atom stereocenters. The Labute approximate surface area is 161 Å². The lowest BCUT2D eigenvalue weighted by Gasteiger charge is -2.12. The number of anilines is 1. The van der Waals surface area contributed by atoms with Crippen LogP contribution in [0.5, 0.6) is 0 Å². The predicted octanol–water partition coefficient (Wildman–Crippen LogP) is 3.56. The van der Waals surface area contributed by atoms with Crippen LogP contribution in [0.2, 0.25) is 0 Å². The van der Waals surface area contributed by atoms with Crippen LogP contribution >= 0.6 is 0 Å². The van der Waals surface area contributed by atoms with Crippen LogP contribution in [0.1, 0.15) is 55.7 Å². The zero-order chi connectivity index (χ0) is 20.0. The molecule has 0 spiro atoms. The van der Waals surface area contributed by atoms with E-state index in [9.17, 15) is 9.59 Å². The molecule has 4 rings (SSSR count). The number of benzene rings is 1. The maximum atomic E-state index is 13.1. The van der Waals surface area contributed by atoms with Gasteiger partial charge in [0.1, 0.15) is 0 Å². The van der Waals surface area contributed by atoms with E-state index in [1.165, 1.54) is 0 Å². The van der Waals surface area contributed by atoms with Gasteiger partial charge in [-0.2, -0.15) is 5.10 Å². The Morgan fingerprint density at radius 2 is 1.86 bits per heavy atom. The molecule has 8 nitrogen and oxygen atoms in total. The standard InChI is InChI=1S/C20H22N6O2/c1-10(2)16-8-13(14-9-21-26(11(3)4)18(14)23-16)19(27)22-12-5-6-15-17(7-12)25-20(28)24-15/h5-11H,1-4H3,(H,22,27)(H2,24,25,28). The minimum Gasteiger partial charge on any atom is -0.322 e. The van der Waals surface area contributed by atoms with E-state index in [1.807, 2.05) is 38.4 Å². The van der Waals surface area contributed by atoms with Crippen molar-refractivity contribution in [3.05, 3.63) is 52.2 Å². The van der Waals surface area contributed by atoms with Crippen molar-refractivity contribution in [3.63, 3.8) is 0 Å². The van der Waals surface area contributed by atoms with Crippen LogP contribution in [0.15, 0.2) is 35.3 Å². The second-order valence-corrected chi connectivity index (χ2v) is 7.46. The molecule has 0 aliphatic rings. The summed E-state index contributed by atoms with van der Waals surface area (Å²) in [6, 6.07) is 7.19. The Balaban J connectivity index is 1.77. The molecule has 0 radical (unpaired) electrons. The van der Waals surface area contributed by atoms with Gasteiger partial charge in [0.25, 0.3) is 5.91 Å². The normalized spacial score (nSPS) is 11.8. The molecule has 0 bridgehead atoms. The minimum atomic E-state index is -0.281. The second kappa shape index (κ2) is 6.63. The molecule has 8 heteroatoms. The van der Waals surface area contributed by atoms with E-state index >= 15 is 0 Å². The van der Waals surface area contributed by atoms with E-state index in [0.717, 1.165) is 5.69 Å². The lowest BCUT2D eigenvalue weighted by molar-refractivity contribution is 0.102. The van der Waals surface area contributed by atoms with Gasteiger partial charge in [0.05, 0.1) is 28.2 Å². The highest BCUT2D eigenvalue weighted by atomic mass is 16.2. The fraction of sp³-hybridized carbons (Fsp3) is 0.300. The molecule has 3 heterocycles. The van der Waals surface area contributed by atoms with E-state index in [2.05, 4.69) is 20.4 Å². The van der Waals surface area contributed by atoms with Crippen molar-refractivity contribution < 1.29 is 4.79 Å². The summed E-state index contributed by atoms with van der Waals surface area (Å²) in [6.07, 6.45) is 1.69. The number of hydrogen-bond acceptors (Lipinski definition) is 4. The number of hydrogen-bond donors (Lipinski definition) is 3. The van der Waals surface area contributed by atoms with Crippen molar-refractivity contribution in [1.29, 1.82) is 0 Å². The first-order valence-corrected chi connectivity index (χ1v) is 9.25. The molecule has 1 aromatic carbocycles. The third-order valence-corrected chi connectivity index (χ3v) is 4.69. The van der Waals surface area contributed by atoms with Crippen molar-refractivity contribution >= 4 is 33.7 Å². The first-order valence-electron chi connectivity index (χ1n) is 9.25. The van der Waals surface area contributed by atoms with Crippen LogP contribution in [0.4, 0.5) is 5.69 Å². The number of amides is 1. The summed E-state index contributed by atoms with van der Waals surface area (Å²) >= 11 is 0. The van der Waals surface area contributed by atoms with Gasteiger partial charge in [-0.15, -0.1) is 0 Å². The Morgan fingerprint density at radius 1 is 1.11 bits per heavy atom. The van der Waals surface area contributed by atoms with Gasteiger partial charge in [-0.3, -0.25) is 4.79 Å². The fourth-order valence-corrected chi connectivity index (χ4v) is 3.21. The number of rotatable bonds is 4. The zero-order valence-corrected chi connectivity index (χ0v) is 16.2. The Morgan fingerprint density at radius 3 is 2.57 bits per heavy atom. The summed E-state index contributed by atoms with van der Waals surface area (Å²) in [7, 11) is 0. The monoisotopic (exact) mass is 378 g/mol. The van der Waals surface area contributed by atoms with Crippen LogP contribution in [0, 0.1) is 0 Å². The highest BCUT2D eigenvalue weighted by Gasteiger charge is 2.19. The molecule has 3 aromatic heterocycles. The largest absolute Gasteiger partial charge is 0.323 e. The molecule has 0 fully saturated rings. The Kier molecular flexibility index (Phi) is 4.26. The molecular weight excluding hydrogens is 356 g/mol. The van der Waals surface area contributed by atoms with Gasteiger partial charge in [0.15, 0.2) is 5.65 Å². The molecule has 0 atom stereocenters. The molecule has 0 saturated heterocycles. The number of carbonyl (C=O) groups is 1. The maximum absolute atomic E-state index is 13.1. The van der Waals surface area contributed by atoms with Crippen LogP contribution < -0.4 is 11.0 Å². The minimum absolute atomic E-state index is 0.135. The lowest BCUT2D eigenvalue weighted by atomic mass is 10.0. The number of nitrogens with zero attached hydrogens (tertiary/aromatic N) is 3. The van der Waals surface area contributed by atoms with Crippen molar-refractivity contribution in [2.75, 3.05) is 5.32 Å². The second-order valence-electron chi connectivity index (χ2n) is 7.46. The highest BCUT2D eigenvalue weighted by molar-refractivity contribution is 6.12. The summed E-state index contributed by atoms with van der Waals surface area (Å²) in [5.74, 6) is -0.0671. The number of aromatic amines is 2. The summed E-state index contributed by atoms with van der Waals surface area (Å²) in [6.45, 7) is 8.15. The van der Waals surface area contributed by atoms with Crippen molar-refractivity contribution in [1.82, 2.24) is 24.7 Å². The molecule has 4 aromatic rings. The van der Waals surface area contributed by atoms with Crippen molar-refractivity contribution in [2.45, 2.75) is 39.7 Å². The van der Waals surface area contributed by atoms with Gasteiger partial charge >= 0.3 is 5.69 Å². The quantitative estimate of drug-likeness (QED) is 0.504. The highest BCUT2D eigenvalue weighted by Crippen LogP contribution is 2.25. The first kappa shape index (κ1) is 18.0. The van der Waals surface area contributed by atoms with Crippen LogP contribution in [-0.2, 0) is 0 Å². The van der Waals surface area contributed by atoms with Crippen molar-refractivity contribution in [2.24, 2.45) is 0 Å². The fourth-order valence-electron chi connectivity index (χ4n) is 3.21. The molecule has 0 aliphatic heterocycles. The average molecular weight is 378 g/mol. The Hall–Kier alpha value is -3.42. The van der Waals surface area contributed by atoms with Crippen LogP contribution in [0.25, 0.3) is 22.1 Å². The molecule has 1 amide bonds. The van der Waals surface area contributed by atoms with E-state index in [4.69, 9.17) is 4.98 Å². The first-order chi connectivity index (χ1) is 13.3. The Bertz CT molecular complexity index is 1240.